The Morgan fingerprint density at radius 1 is 1.24 bits per heavy atom. The Kier molecular flexibility index (Phi) is 5.62. The van der Waals surface area contributed by atoms with E-state index in [0.717, 1.165) is 25.9 Å². The first-order valence-electron chi connectivity index (χ1n) is 11.4. The summed E-state index contributed by atoms with van der Waals surface area (Å²) < 4.78 is 30.6. The van der Waals surface area contributed by atoms with Gasteiger partial charge in [0.2, 0.25) is 0 Å². The van der Waals surface area contributed by atoms with E-state index in [2.05, 4.69) is 37.7 Å². The van der Waals surface area contributed by atoms with E-state index in [-0.39, 0.29) is 16.8 Å². The third-order valence-electron chi connectivity index (χ3n) is 6.66. The maximum absolute atomic E-state index is 16.0. The highest BCUT2D eigenvalue weighted by molar-refractivity contribution is 5.92. The molecule has 7 heteroatoms. The molecule has 0 radical (unpaired) electrons. The van der Waals surface area contributed by atoms with Crippen molar-refractivity contribution in [1.29, 1.82) is 0 Å². The summed E-state index contributed by atoms with van der Waals surface area (Å²) in [6.45, 7) is 9.03. The van der Waals surface area contributed by atoms with Crippen LogP contribution in [0, 0.1) is 30.9 Å². The van der Waals surface area contributed by atoms with Crippen LogP contribution in [0.15, 0.2) is 31.0 Å². The Labute approximate surface area is 196 Å². The molecular formula is C27H25F2N5. The molecule has 34 heavy (non-hydrogen) atoms. The smallest absolute Gasteiger partial charge is 0.175 e. The molecule has 1 N–H and O–H groups in total. The number of pyridine rings is 1. The van der Waals surface area contributed by atoms with Crippen LogP contribution < -0.4 is 20.7 Å². The fourth-order valence-corrected chi connectivity index (χ4v) is 5.13. The lowest BCUT2D eigenvalue weighted by Gasteiger charge is -2.34. The SMILES string of the molecule is C#Cc1c(F)ccc(=C/C)/c1=C(\C=C)c1ncc2c(N3CC4CCC(C3)N4)nc(C)nc2c1F. The van der Waals surface area contributed by atoms with Crippen molar-refractivity contribution in [2.75, 3.05) is 18.0 Å². The highest BCUT2D eigenvalue weighted by Gasteiger charge is 2.34. The number of hydrogen-bond acceptors (Lipinski definition) is 5. The van der Waals surface area contributed by atoms with Gasteiger partial charge < -0.3 is 10.2 Å². The Bertz CT molecular complexity index is 1480. The Morgan fingerprint density at radius 2 is 1.97 bits per heavy atom. The fraction of sp³-hybridized carbons (Fsp3) is 0.296. The van der Waals surface area contributed by atoms with Crippen molar-refractivity contribution in [2.24, 2.45) is 0 Å². The van der Waals surface area contributed by atoms with E-state index < -0.39 is 11.6 Å². The van der Waals surface area contributed by atoms with Crippen LogP contribution in [0.1, 0.15) is 36.8 Å². The molecular weight excluding hydrogens is 432 g/mol. The monoisotopic (exact) mass is 457 g/mol. The topological polar surface area (TPSA) is 53.9 Å². The van der Waals surface area contributed by atoms with Gasteiger partial charge in [-0.15, -0.1) is 6.42 Å². The molecule has 0 aliphatic carbocycles. The van der Waals surface area contributed by atoms with Crippen LogP contribution in [0.3, 0.4) is 0 Å². The molecule has 2 saturated heterocycles. The number of nitrogens with one attached hydrogen (secondary N) is 1. The van der Waals surface area contributed by atoms with Gasteiger partial charge in [-0.2, -0.15) is 0 Å². The van der Waals surface area contributed by atoms with Gasteiger partial charge in [-0.1, -0.05) is 30.7 Å². The highest BCUT2D eigenvalue weighted by atomic mass is 19.1. The first kappa shape index (κ1) is 22.2. The number of halogens is 2. The summed E-state index contributed by atoms with van der Waals surface area (Å²) in [7, 11) is 0. The second kappa shape index (κ2) is 8.62. The summed E-state index contributed by atoms with van der Waals surface area (Å²) in [5.41, 5.74) is 0.566. The number of nitrogens with zero attached hydrogens (tertiary/aromatic N) is 4. The quantitative estimate of drug-likeness (QED) is 0.613. The van der Waals surface area contributed by atoms with Crippen molar-refractivity contribution in [3.05, 3.63) is 70.1 Å². The summed E-state index contributed by atoms with van der Waals surface area (Å²) >= 11 is 0. The van der Waals surface area contributed by atoms with Crippen molar-refractivity contribution in [3.8, 4) is 12.3 Å². The summed E-state index contributed by atoms with van der Waals surface area (Å²) in [5.74, 6) is 2.41. The van der Waals surface area contributed by atoms with Crippen molar-refractivity contribution < 1.29 is 8.78 Å². The first-order valence-corrected chi connectivity index (χ1v) is 11.4. The van der Waals surface area contributed by atoms with Crippen molar-refractivity contribution >= 4 is 28.4 Å². The van der Waals surface area contributed by atoms with Gasteiger partial charge in [0.25, 0.3) is 0 Å². The Balaban J connectivity index is 1.77. The van der Waals surface area contributed by atoms with E-state index in [4.69, 9.17) is 6.42 Å². The number of piperazine rings is 1. The summed E-state index contributed by atoms with van der Waals surface area (Å²) in [4.78, 5) is 15.7. The normalized spacial score (nSPS) is 21.0. The number of anilines is 1. The van der Waals surface area contributed by atoms with Crippen molar-refractivity contribution in [1.82, 2.24) is 20.3 Å². The zero-order valence-corrected chi connectivity index (χ0v) is 19.2. The number of terminal acetylenes is 1. The van der Waals surface area contributed by atoms with Crippen LogP contribution in [0.2, 0.25) is 0 Å². The third-order valence-corrected chi connectivity index (χ3v) is 6.66. The molecule has 0 spiro atoms. The largest absolute Gasteiger partial charge is 0.353 e. The fourth-order valence-electron chi connectivity index (χ4n) is 5.13. The van der Waals surface area contributed by atoms with Crippen LogP contribution in [-0.2, 0) is 0 Å². The second-order valence-electron chi connectivity index (χ2n) is 8.76. The minimum Gasteiger partial charge on any atom is -0.353 e. The van der Waals surface area contributed by atoms with Gasteiger partial charge in [0.15, 0.2) is 5.82 Å². The minimum absolute atomic E-state index is 0.0251. The summed E-state index contributed by atoms with van der Waals surface area (Å²) in [6.07, 6.45) is 12.7. The molecule has 0 saturated carbocycles. The number of aromatic nitrogens is 3. The number of rotatable bonds is 3. The van der Waals surface area contributed by atoms with Gasteiger partial charge in [0, 0.05) is 42.2 Å². The van der Waals surface area contributed by atoms with E-state index in [1.165, 1.54) is 12.1 Å². The van der Waals surface area contributed by atoms with E-state index in [1.807, 2.05) is 6.92 Å². The number of fused-ring (bicyclic) bond motifs is 3. The van der Waals surface area contributed by atoms with Crippen LogP contribution in [0.25, 0.3) is 22.6 Å². The van der Waals surface area contributed by atoms with Crippen LogP contribution in [-0.4, -0.2) is 40.1 Å². The number of allylic oxidation sites excluding steroid dienone is 1. The Hall–Kier alpha value is -3.63. The van der Waals surface area contributed by atoms with E-state index >= 15 is 4.39 Å². The third kappa shape index (κ3) is 3.55. The predicted octanol–water partition coefficient (Wildman–Crippen LogP) is 2.72. The van der Waals surface area contributed by atoms with Gasteiger partial charge in [0.05, 0.1) is 10.9 Å². The number of aryl methyl sites for hydroxylation is 1. The molecule has 2 fully saturated rings. The van der Waals surface area contributed by atoms with E-state index in [0.29, 0.717) is 45.1 Å². The average Bonchev–Trinajstić information content (AvgIpc) is 3.18. The molecule has 2 aliphatic heterocycles. The summed E-state index contributed by atoms with van der Waals surface area (Å²) in [5, 5.41) is 5.20. The number of benzene rings is 1. The molecule has 3 aromatic rings. The highest BCUT2D eigenvalue weighted by Crippen LogP contribution is 2.31. The van der Waals surface area contributed by atoms with Crippen LogP contribution in [0.5, 0.6) is 0 Å². The molecule has 5 rings (SSSR count). The van der Waals surface area contributed by atoms with Crippen LogP contribution >= 0.6 is 0 Å². The van der Waals surface area contributed by atoms with Gasteiger partial charge in [-0.05, 0) is 38.0 Å². The lowest BCUT2D eigenvalue weighted by molar-refractivity contribution is 0.464. The Morgan fingerprint density at radius 3 is 2.62 bits per heavy atom. The molecule has 2 aliphatic rings. The molecule has 2 bridgehead atoms. The molecule has 4 heterocycles. The molecule has 2 atom stereocenters. The molecule has 172 valence electrons. The van der Waals surface area contributed by atoms with Gasteiger partial charge in [-0.25, -0.2) is 18.7 Å². The molecule has 2 unspecified atom stereocenters. The van der Waals surface area contributed by atoms with Crippen molar-refractivity contribution in [3.63, 3.8) is 0 Å². The van der Waals surface area contributed by atoms with Crippen molar-refractivity contribution in [2.45, 2.75) is 38.8 Å². The van der Waals surface area contributed by atoms with Gasteiger partial charge in [0.1, 0.15) is 28.7 Å². The molecule has 1 aromatic carbocycles. The maximum Gasteiger partial charge on any atom is 0.175 e. The molecule has 2 aromatic heterocycles. The van der Waals surface area contributed by atoms with Gasteiger partial charge in [-0.3, -0.25) is 4.98 Å². The standard InChI is InChI=1S/C27H25F2N5/c1-5-16-8-11-22(28)19(6-2)23(16)20(7-3)25-24(29)26-21(12-30-25)27(32-15(4)31-26)34-13-17-9-10-18(14-34)33-17/h2,5,7-8,11-12,17-18,33H,3,9-10,13-14H2,1,4H3/b16-5-,23-20-. The molecule has 5 nitrogen and oxygen atoms in total. The molecule has 0 amide bonds. The number of hydrogen-bond donors (Lipinski definition) is 1. The van der Waals surface area contributed by atoms with Crippen LogP contribution in [0.4, 0.5) is 14.6 Å². The predicted molar refractivity (Wildman–Crippen MR) is 131 cm³/mol. The lowest BCUT2D eigenvalue weighted by Crippen LogP contribution is -2.51. The summed E-state index contributed by atoms with van der Waals surface area (Å²) in [6, 6.07) is 3.72. The van der Waals surface area contributed by atoms with E-state index in [1.54, 1.807) is 25.3 Å². The first-order chi connectivity index (χ1) is 16.4. The van der Waals surface area contributed by atoms with Gasteiger partial charge >= 0.3 is 0 Å². The zero-order chi connectivity index (χ0) is 24.0. The maximum atomic E-state index is 16.0. The van der Waals surface area contributed by atoms with E-state index in [9.17, 15) is 4.39 Å². The lowest BCUT2D eigenvalue weighted by atomic mass is 10.00. The zero-order valence-electron chi connectivity index (χ0n) is 19.2. The minimum atomic E-state index is -0.605. The second-order valence-corrected chi connectivity index (χ2v) is 8.76. The average molecular weight is 458 g/mol.